The molecule has 0 bridgehead atoms. The summed E-state index contributed by atoms with van der Waals surface area (Å²) in [5.41, 5.74) is 1.37. The zero-order chi connectivity index (χ0) is 11.6. The van der Waals surface area contributed by atoms with Crippen LogP contribution in [0.2, 0.25) is 0 Å². The molecule has 2 N–H and O–H groups in total. The average Bonchev–Trinajstić information content (AvgIpc) is 2.34. The lowest BCUT2D eigenvalue weighted by atomic mass is 10.2. The van der Waals surface area contributed by atoms with Gasteiger partial charge in [-0.15, -0.1) is 0 Å². The van der Waals surface area contributed by atoms with Crippen LogP contribution in [0.3, 0.4) is 0 Å². The van der Waals surface area contributed by atoms with E-state index in [0.29, 0.717) is 0 Å². The van der Waals surface area contributed by atoms with E-state index in [2.05, 4.69) is 36.5 Å². The molecule has 0 aliphatic rings. The summed E-state index contributed by atoms with van der Waals surface area (Å²) >= 11 is 1.92. The summed E-state index contributed by atoms with van der Waals surface area (Å²) in [7, 11) is 0. The van der Waals surface area contributed by atoms with Crippen LogP contribution in [-0.4, -0.2) is 30.1 Å². The number of hydrogen-bond acceptors (Lipinski definition) is 3. The third-order valence-electron chi connectivity index (χ3n) is 2.44. The molecule has 3 heteroatoms. The zero-order valence-electron chi connectivity index (χ0n) is 9.86. The third kappa shape index (κ3) is 5.54. The Bertz CT molecular complexity index is 266. The molecule has 1 aromatic carbocycles. The van der Waals surface area contributed by atoms with Gasteiger partial charge < -0.3 is 10.4 Å². The predicted molar refractivity (Wildman–Crippen MR) is 71.8 cm³/mol. The van der Waals surface area contributed by atoms with Gasteiger partial charge in [-0.2, -0.15) is 11.8 Å². The first-order valence-corrected chi connectivity index (χ1v) is 6.98. The van der Waals surface area contributed by atoms with Gasteiger partial charge in [-0.1, -0.05) is 37.3 Å². The first kappa shape index (κ1) is 13.6. The van der Waals surface area contributed by atoms with Gasteiger partial charge in [-0.05, 0) is 24.3 Å². The quantitative estimate of drug-likeness (QED) is 0.683. The van der Waals surface area contributed by atoms with Gasteiger partial charge in [0.25, 0.3) is 0 Å². The summed E-state index contributed by atoms with van der Waals surface area (Å²) < 4.78 is 0. The van der Waals surface area contributed by atoms with E-state index in [1.807, 2.05) is 17.8 Å². The number of nitrogens with one attached hydrogen (secondary N) is 1. The molecule has 1 aromatic rings. The summed E-state index contributed by atoms with van der Waals surface area (Å²) in [5.74, 6) is 2.15. The number of aliphatic hydroxyl groups excluding tert-OH is 1. The minimum Gasteiger partial charge on any atom is -0.395 e. The highest BCUT2D eigenvalue weighted by Gasteiger charge is 2.04. The van der Waals surface area contributed by atoms with Crippen LogP contribution in [0.1, 0.15) is 18.9 Å². The van der Waals surface area contributed by atoms with E-state index in [9.17, 15) is 0 Å². The smallest absolute Gasteiger partial charge is 0.0584 e. The minimum absolute atomic E-state index is 0.236. The molecule has 90 valence electrons. The van der Waals surface area contributed by atoms with Crippen LogP contribution in [0.4, 0.5) is 0 Å². The second-order valence-corrected chi connectivity index (χ2v) is 4.87. The Balaban J connectivity index is 2.11. The molecule has 1 unspecified atom stereocenters. The van der Waals surface area contributed by atoms with Crippen LogP contribution < -0.4 is 5.32 Å². The van der Waals surface area contributed by atoms with Crippen LogP contribution in [0.15, 0.2) is 30.3 Å². The number of likely N-dealkylation sites (N-methyl/N-ethyl adjacent to an activating group) is 1. The Hall–Kier alpha value is -0.510. The summed E-state index contributed by atoms with van der Waals surface area (Å²) in [6, 6.07) is 10.8. The number of benzene rings is 1. The van der Waals surface area contributed by atoms with Crippen molar-refractivity contribution in [2.75, 3.05) is 18.9 Å². The van der Waals surface area contributed by atoms with Gasteiger partial charge in [0, 0.05) is 11.8 Å². The SMILES string of the molecule is CCNC(CO)CCSCc1ccccc1. The fourth-order valence-corrected chi connectivity index (χ4v) is 2.56. The van der Waals surface area contributed by atoms with Crippen molar-refractivity contribution < 1.29 is 5.11 Å². The second-order valence-electron chi connectivity index (χ2n) is 3.76. The minimum atomic E-state index is 0.236. The fraction of sp³-hybridized carbons (Fsp3) is 0.538. The molecule has 1 atom stereocenters. The van der Waals surface area contributed by atoms with Gasteiger partial charge in [-0.25, -0.2) is 0 Å². The van der Waals surface area contributed by atoms with E-state index < -0.39 is 0 Å². The molecule has 0 aliphatic carbocycles. The largest absolute Gasteiger partial charge is 0.395 e. The lowest BCUT2D eigenvalue weighted by Gasteiger charge is -2.14. The van der Waals surface area contributed by atoms with E-state index in [0.717, 1.165) is 24.5 Å². The lowest BCUT2D eigenvalue weighted by molar-refractivity contribution is 0.242. The topological polar surface area (TPSA) is 32.3 Å². The molecule has 0 aliphatic heterocycles. The van der Waals surface area contributed by atoms with Gasteiger partial charge in [0.1, 0.15) is 0 Å². The van der Waals surface area contributed by atoms with Crippen LogP contribution in [0.5, 0.6) is 0 Å². The molecular formula is C13H21NOS. The highest BCUT2D eigenvalue weighted by atomic mass is 32.2. The van der Waals surface area contributed by atoms with E-state index in [4.69, 9.17) is 5.11 Å². The molecule has 0 saturated carbocycles. The predicted octanol–water partition coefficient (Wildman–Crippen LogP) is 2.28. The number of aliphatic hydroxyl groups is 1. The summed E-state index contributed by atoms with van der Waals surface area (Å²) in [6.45, 7) is 3.23. The summed E-state index contributed by atoms with van der Waals surface area (Å²) in [5, 5.41) is 12.4. The maximum absolute atomic E-state index is 9.10. The molecule has 0 spiro atoms. The Kier molecular flexibility index (Phi) is 7.30. The molecule has 0 radical (unpaired) electrons. The van der Waals surface area contributed by atoms with Crippen LogP contribution in [0.25, 0.3) is 0 Å². The maximum Gasteiger partial charge on any atom is 0.0584 e. The molecule has 2 nitrogen and oxygen atoms in total. The van der Waals surface area contributed by atoms with E-state index in [-0.39, 0.29) is 12.6 Å². The number of thioether (sulfide) groups is 1. The normalized spacial score (nSPS) is 12.6. The summed E-state index contributed by atoms with van der Waals surface area (Å²) in [6.07, 6.45) is 1.03. The van der Waals surface area contributed by atoms with Crippen molar-refractivity contribution >= 4 is 11.8 Å². The van der Waals surface area contributed by atoms with Crippen molar-refractivity contribution in [3.8, 4) is 0 Å². The van der Waals surface area contributed by atoms with Crippen molar-refractivity contribution in [2.45, 2.75) is 25.1 Å². The van der Waals surface area contributed by atoms with Crippen molar-refractivity contribution in [1.82, 2.24) is 5.32 Å². The molecule has 16 heavy (non-hydrogen) atoms. The Labute approximate surface area is 102 Å². The summed E-state index contributed by atoms with van der Waals surface area (Å²) in [4.78, 5) is 0. The van der Waals surface area contributed by atoms with Crippen molar-refractivity contribution in [3.05, 3.63) is 35.9 Å². The molecule has 0 heterocycles. The van der Waals surface area contributed by atoms with E-state index in [1.54, 1.807) is 0 Å². The molecule has 0 fully saturated rings. The highest BCUT2D eigenvalue weighted by molar-refractivity contribution is 7.98. The van der Waals surface area contributed by atoms with Crippen molar-refractivity contribution in [2.24, 2.45) is 0 Å². The van der Waals surface area contributed by atoms with Crippen molar-refractivity contribution in [3.63, 3.8) is 0 Å². The Morgan fingerprint density at radius 2 is 2.06 bits per heavy atom. The first-order chi connectivity index (χ1) is 7.86. The zero-order valence-corrected chi connectivity index (χ0v) is 10.7. The van der Waals surface area contributed by atoms with Gasteiger partial charge in [0.15, 0.2) is 0 Å². The van der Waals surface area contributed by atoms with Crippen molar-refractivity contribution in [1.29, 1.82) is 0 Å². The van der Waals surface area contributed by atoms with Gasteiger partial charge >= 0.3 is 0 Å². The highest BCUT2D eigenvalue weighted by Crippen LogP contribution is 2.13. The first-order valence-electron chi connectivity index (χ1n) is 5.82. The average molecular weight is 239 g/mol. The number of hydrogen-bond donors (Lipinski definition) is 2. The third-order valence-corrected chi connectivity index (χ3v) is 3.50. The van der Waals surface area contributed by atoms with Gasteiger partial charge in [0.2, 0.25) is 0 Å². The number of rotatable bonds is 8. The maximum atomic E-state index is 9.10. The Morgan fingerprint density at radius 1 is 1.31 bits per heavy atom. The molecule has 0 amide bonds. The van der Waals surface area contributed by atoms with Gasteiger partial charge in [-0.3, -0.25) is 0 Å². The van der Waals surface area contributed by atoms with E-state index in [1.165, 1.54) is 5.56 Å². The fourth-order valence-electron chi connectivity index (χ4n) is 1.54. The van der Waals surface area contributed by atoms with E-state index >= 15 is 0 Å². The molecule has 0 saturated heterocycles. The second kappa shape index (κ2) is 8.62. The van der Waals surface area contributed by atoms with Crippen LogP contribution >= 0.6 is 11.8 Å². The molecule has 0 aromatic heterocycles. The standard InChI is InChI=1S/C13H21NOS/c1-2-14-13(10-15)8-9-16-11-12-6-4-3-5-7-12/h3-7,13-15H,2,8-11H2,1H3. The van der Waals surface area contributed by atoms with Gasteiger partial charge in [0.05, 0.1) is 6.61 Å². The molecule has 1 rings (SSSR count). The Morgan fingerprint density at radius 3 is 2.69 bits per heavy atom. The monoisotopic (exact) mass is 239 g/mol. The molecular weight excluding hydrogens is 218 g/mol. The lowest BCUT2D eigenvalue weighted by Crippen LogP contribution is -2.32. The van der Waals surface area contributed by atoms with Crippen LogP contribution in [0, 0.1) is 0 Å². The van der Waals surface area contributed by atoms with Crippen LogP contribution in [-0.2, 0) is 5.75 Å².